The van der Waals surface area contributed by atoms with Gasteiger partial charge in [0.2, 0.25) is 5.91 Å². The summed E-state index contributed by atoms with van der Waals surface area (Å²) in [4.78, 5) is 12.0. The predicted octanol–water partition coefficient (Wildman–Crippen LogP) is 2.78. The summed E-state index contributed by atoms with van der Waals surface area (Å²) in [5, 5.41) is 6.30. The fraction of sp³-hybridized carbons (Fsp3) is 0.533. The molecule has 0 aromatic heterocycles. The maximum Gasteiger partial charge on any atom is 0.227 e. The number of carbonyl (C=O) groups is 1. The molecule has 2 N–H and O–H groups in total. The van der Waals surface area contributed by atoms with Gasteiger partial charge in [0, 0.05) is 18.2 Å². The molecule has 0 saturated heterocycles. The van der Waals surface area contributed by atoms with E-state index >= 15 is 0 Å². The molecule has 0 aliphatic heterocycles. The van der Waals surface area contributed by atoms with Crippen LogP contribution in [-0.4, -0.2) is 12.5 Å². The molecule has 1 aromatic carbocycles. The highest BCUT2D eigenvalue weighted by Gasteiger charge is 2.32. The number of carbonyl (C=O) groups excluding carboxylic acids is 1. The number of anilines is 1. The van der Waals surface area contributed by atoms with Gasteiger partial charge in [-0.3, -0.25) is 4.79 Å². The van der Waals surface area contributed by atoms with Gasteiger partial charge in [0.05, 0.1) is 0 Å². The molecule has 1 atom stereocenters. The summed E-state index contributed by atoms with van der Waals surface area (Å²) in [6.45, 7) is 5.91. The van der Waals surface area contributed by atoms with Gasteiger partial charge in [-0.25, -0.2) is 0 Å². The van der Waals surface area contributed by atoms with Crippen LogP contribution in [0.1, 0.15) is 32.3 Å². The second-order valence-electron chi connectivity index (χ2n) is 5.10. The average molecular weight is 246 g/mol. The van der Waals surface area contributed by atoms with Gasteiger partial charge in [-0.2, -0.15) is 0 Å². The van der Waals surface area contributed by atoms with E-state index in [-0.39, 0.29) is 11.8 Å². The van der Waals surface area contributed by atoms with Crippen LogP contribution >= 0.6 is 0 Å². The zero-order valence-corrected chi connectivity index (χ0v) is 11.2. The first-order valence-corrected chi connectivity index (χ1v) is 6.81. The predicted molar refractivity (Wildman–Crippen MR) is 74.3 cm³/mol. The van der Waals surface area contributed by atoms with Crippen molar-refractivity contribution in [3.05, 3.63) is 29.8 Å². The molecular formula is C15H22N2O. The lowest BCUT2D eigenvalue weighted by atomic mass is 10.1. The number of amides is 1. The molecule has 2 rings (SSSR count). The largest absolute Gasteiger partial charge is 0.326 e. The SMILES string of the molecule is CCNCc1cccc(NC(=O)C(C)C2CC2)c1. The molecule has 1 saturated carbocycles. The van der Waals surface area contributed by atoms with E-state index in [2.05, 4.69) is 23.6 Å². The molecule has 0 heterocycles. The van der Waals surface area contributed by atoms with Crippen LogP contribution in [0.25, 0.3) is 0 Å². The monoisotopic (exact) mass is 246 g/mol. The Labute approximate surface area is 109 Å². The molecule has 0 radical (unpaired) electrons. The molecule has 1 unspecified atom stereocenters. The van der Waals surface area contributed by atoms with E-state index in [9.17, 15) is 4.79 Å². The first-order valence-electron chi connectivity index (χ1n) is 6.81. The summed E-state index contributed by atoms with van der Waals surface area (Å²) in [6, 6.07) is 8.06. The van der Waals surface area contributed by atoms with Gasteiger partial charge in [0.15, 0.2) is 0 Å². The quantitative estimate of drug-likeness (QED) is 0.810. The minimum atomic E-state index is 0.141. The summed E-state index contributed by atoms with van der Waals surface area (Å²) < 4.78 is 0. The van der Waals surface area contributed by atoms with E-state index in [1.807, 2.05) is 25.1 Å². The number of benzene rings is 1. The Balaban J connectivity index is 1.93. The minimum absolute atomic E-state index is 0.141. The zero-order valence-electron chi connectivity index (χ0n) is 11.2. The Morgan fingerprint density at radius 1 is 1.44 bits per heavy atom. The Morgan fingerprint density at radius 2 is 2.22 bits per heavy atom. The van der Waals surface area contributed by atoms with Gasteiger partial charge in [-0.1, -0.05) is 26.0 Å². The van der Waals surface area contributed by atoms with Crippen molar-refractivity contribution in [3.63, 3.8) is 0 Å². The average Bonchev–Trinajstić information content (AvgIpc) is 3.20. The fourth-order valence-corrected chi connectivity index (χ4v) is 2.09. The van der Waals surface area contributed by atoms with Crippen LogP contribution in [0.3, 0.4) is 0 Å². The number of hydrogen-bond donors (Lipinski definition) is 2. The number of rotatable bonds is 6. The first-order chi connectivity index (χ1) is 8.70. The van der Waals surface area contributed by atoms with E-state index in [4.69, 9.17) is 0 Å². The minimum Gasteiger partial charge on any atom is -0.326 e. The molecule has 1 aromatic rings. The maximum absolute atomic E-state index is 12.0. The zero-order chi connectivity index (χ0) is 13.0. The van der Waals surface area contributed by atoms with Crippen molar-refractivity contribution in [3.8, 4) is 0 Å². The van der Waals surface area contributed by atoms with Crippen LogP contribution in [0.15, 0.2) is 24.3 Å². The van der Waals surface area contributed by atoms with Gasteiger partial charge in [0.1, 0.15) is 0 Å². The second-order valence-corrected chi connectivity index (χ2v) is 5.10. The van der Waals surface area contributed by atoms with Crippen molar-refractivity contribution in [2.24, 2.45) is 11.8 Å². The molecule has 1 amide bonds. The van der Waals surface area contributed by atoms with Crippen LogP contribution < -0.4 is 10.6 Å². The molecule has 3 nitrogen and oxygen atoms in total. The van der Waals surface area contributed by atoms with Crippen molar-refractivity contribution < 1.29 is 4.79 Å². The van der Waals surface area contributed by atoms with Crippen LogP contribution in [0.5, 0.6) is 0 Å². The van der Waals surface area contributed by atoms with Gasteiger partial charge in [0.25, 0.3) is 0 Å². The van der Waals surface area contributed by atoms with Gasteiger partial charge >= 0.3 is 0 Å². The van der Waals surface area contributed by atoms with Crippen molar-refractivity contribution in [2.45, 2.75) is 33.2 Å². The smallest absolute Gasteiger partial charge is 0.227 e. The Kier molecular flexibility index (Phi) is 4.37. The van der Waals surface area contributed by atoms with E-state index < -0.39 is 0 Å². The summed E-state index contributed by atoms with van der Waals surface area (Å²) in [5.74, 6) is 0.899. The number of nitrogens with one attached hydrogen (secondary N) is 2. The van der Waals surface area contributed by atoms with Crippen molar-refractivity contribution in [1.82, 2.24) is 5.32 Å². The fourth-order valence-electron chi connectivity index (χ4n) is 2.09. The van der Waals surface area contributed by atoms with Crippen LogP contribution in [-0.2, 0) is 11.3 Å². The molecule has 98 valence electrons. The van der Waals surface area contributed by atoms with Gasteiger partial charge < -0.3 is 10.6 Å². The third-order valence-electron chi connectivity index (χ3n) is 3.52. The van der Waals surface area contributed by atoms with E-state index in [1.54, 1.807) is 0 Å². The molecule has 0 spiro atoms. The molecule has 3 heteroatoms. The standard InChI is InChI=1S/C15H22N2O/c1-3-16-10-12-5-4-6-14(9-12)17-15(18)11(2)13-7-8-13/h4-6,9,11,13,16H,3,7-8,10H2,1-2H3,(H,17,18). The van der Waals surface area contributed by atoms with Crippen molar-refractivity contribution in [2.75, 3.05) is 11.9 Å². The highest BCUT2D eigenvalue weighted by atomic mass is 16.1. The van der Waals surface area contributed by atoms with Crippen LogP contribution in [0, 0.1) is 11.8 Å². The van der Waals surface area contributed by atoms with Crippen molar-refractivity contribution in [1.29, 1.82) is 0 Å². The Bertz CT molecular complexity index is 413. The van der Waals surface area contributed by atoms with Crippen LogP contribution in [0.2, 0.25) is 0 Å². The summed E-state index contributed by atoms with van der Waals surface area (Å²) in [5.41, 5.74) is 2.11. The molecular weight excluding hydrogens is 224 g/mol. The summed E-state index contributed by atoms with van der Waals surface area (Å²) in [7, 11) is 0. The molecule has 1 fully saturated rings. The summed E-state index contributed by atoms with van der Waals surface area (Å²) >= 11 is 0. The highest BCUT2D eigenvalue weighted by Crippen LogP contribution is 2.37. The molecule has 1 aliphatic rings. The normalized spacial score (nSPS) is 16.3. The van der Waals surface area contributed by atoms with Gasteiger partial charge in [-0.05, 0) is 43.0 Å². The van der Waals surface area contributed by atoms with E-state index in [0.717, 1.165) is 18.8 Å². The number of hydrogen-bond acceptors (Lipinski definition) is 2. The Hall–Kier alpha value is -1.35. The lowest BCUT2D eigenvalue weighted by molar-refractivity contribution is -0.119. The molecule has 0 bridgehead atoms. The third kappa shape index (κ3) is 3.57. The van der Waals surface area contributed by atoms with Crippen LogP contribution in [0.4, 0.5) is 5.69 Å². The first kappa shape index (κ1) is 13.1. The molecule has 1 aliphatic carbocycles. The topological polar surface area (TPSA) is 41.1 Å². The van der Waals surface area contributed by atoms with E-state index in [0.29, 0.717) is 5.92 Å². The van der Waals surface area contributed by atoms with Gasteiger partial charge in [-0.15, -0.1) is 0 Å². The summed E-state index contributed by atoms with van der Waals surface area (Å²) in [6.07, 6.45) is 2.41. The van der Waals surface area contributed by atoms with E-state index in [1.165, 1.54) is 18.4 Å². The molecule has 18 heavy (non-hydrogen) atoms. The maximum atomic E-state index is 12.0. The second kappa shape index (κ2) is 6.01. The lowest BCUT2D eigenvalue weighted by Gasteiger charge is -2.12. The third-order valence-corrected chi connectivity index (χ3v) is 3.52. The Morgan fingerprint density at radius 3 is 2.89 bits per heavy atom. The lowest BCUT2D eigenvalue weighted by Crippen LogP contribution is -2.22. The van der Waals surface area contributed by atoms with Crippen molar-refractivity contribution >= 4 is 11.6 Å². The highest BCUT2D eigenvalue weighted by molar-refractivity contribution is 5.92.